The second kappa shape index (κ2) is 5.20. The summed E-state index contributed by atoms with van der Waals surface area (Å²) in [4.78, 5) is 27.3. The zero-order valence-corrected chi connectivity index (χ0v) is 12.4. The summed E-state index contributed by atoms with van der Waals surface area (Å²) in [6.07, 6.45) is 3.91. The molecular weight excluding hydrogens is 274 g/mol. The van der Waals surface area contributed by atoms with Crippen LogP contribution in [0.25, 0.3) is 0 Å². The van der Waals surface area contributed by atoms with E-state index < -0.39 is 11.9 Å². The Balaban J connectivity index is 1.74. The Morgan fingerprint density at radius 2 is 2.20 bits per heavy atom. The monoisotopic (exact) mass is 293 g/mol. The summed E-state index contributed by atoms with van der Waals surface area (Å²) < 4.78 is 0. The standard InChI is InChI=1S/C15H19NO3S/c1-9-2-3-12-11(6-9)7-13(20-12)14(17)16-5-4-10(8-16)15(18)19/h7,9-10H,2-6,8H2,1H3,(H,18,19)/t9-,10+/m1/s1. The lowest BCUT2D eigenvalue weighted by Gasteiger charge is -2.16. The molecule has 5 heteroatoms. The SMILES string of the molecule is C[C@@H]1CCc2sc(C(=O)N3CC[C@H](C(=O)O)C3)cc2C1. The number of hydrogen-bond acceptors (Lipinski definition) is 3. The molecule has 1 amide bonds. The Hall–Kier alpha value is -1.36. The van der Waals surface area contributed by atoms with Crippen LogP contribution in [0.5, 0.6) is 0 Å². The minimum atomic E-state index is -0.792. The van der Waals surface area contributed by atoms with E-state index in [0.717, 1.165) is 17.7 Å². The average molecular weight is 293 g/mol. The van der Waals surface area contributed by atoms with Crippen LogP contribution in [-0.2, 0) is 17.6 Å². The van der Waals surface area contributed by atoms with Crippen molar-refractivity contribution >= 4 is 23.2 Å². The zero-order chi connectivity index (χ0) is 14.3. The molecule has 20 heavy (non-hydrogen) atoms. The van der Waals surface area contributed by atoms with Crippen LogP contribution >= 0.6 is 11.3 Å². The van der Waals surface area contributed by atoms with Crippen molar-refractivity contribution in [2.24, 2.45) is 11.8 Å². The molecule has 1 aliphatic carbocycles. The summed E-state index contributed by atoms with van der Waals surface area (Å²) in [5, 5.41) is 9.01. The molecule has 3 rings (SSSR count). The molecule has 2 heterocycles. The number of thiophene rings is 1. The molecule has 0 spiro atoms. The van der Waals surface area contributed by atoms with Gasteiger partial charge in [0.25, 0.3) is 5.91 Å². The van der Waals surface area contributed by atoms with E-state index >= 15 is 0 Å². The van der Waals surface area contributed by atoms with Gasteiger partial charge in [-0.25, -0.2) is 0 Å². The summed E-state index contributed by atoms with van der Waals surface area (Å²) in [6, 6.07) is 2.03. The first-order valence-electron chi connectivity index (χ1n) is 7.18. The molecule has 1 N–H and O–H groups in total. The summed E-state index contributed by atoms with van der Waals surface area (Å²) in [5.74, 6) is -0.475. The van der Waals surface area contributed by atoms with E-state index in [9.17, 15) is 9.59 Å². The number of nitrogens with zero attached hydrogens (tertiary/aromatic N) is 1. The van der Waals surface area contributed by atoms with Gasteiger partial charge in [0, 0.05) is 18.0 Å². The van der Waals surface area contributed by atoms with Gasteiger partial charge in [-0.15, -0.1) is 11.3 Å². The first kappa shape index (κ1) is 13.6. The van der Waals surface area contributed by atoms with Crippen LogP contribution in [0, 0.1) is 11.8 Å². The molecule has 108 valence electrons. The number of fused-ring (bicyclic) bond motifs is 1. The van der Waals surface area contributed by atoms with Crippen molar-refractivity contribution in [2.45, 2.75) is 32.6 Å². The van der Waals surface area contributed by atoms with Crippen LogP contribution in [0.4, 0.5) is 0 Å². The number of likely N-dealkylation sites (tertiary alicyclic amines) is 1. The molecule has 2 aliphatic rings. The molecule has 4 nitrogen and oxygen atoms in total. The highest BCUT2D eigenvalue weighted by Crippen LogP contribution is 2.33. The van der Waals surface area contributed by atoms with Gasteiger partial charge in [0.2, 0.25) is 0 Å². The van der Waals surface area contributed by atoms with E-state index in [1.807, 2.05) is 6.07 Å². The Kier molecular flexibility index (Phi) is 3.54. The van der Waals surface area contributed by atoms with Gasteiger partial charge in [-0.3, -0.25) is 9.59 Å². The Labute approximate surface area is 122 Å². The number of carbonyl (C=O) groups is 2. The third-order valence-corrected chi connectivity index (χ3v) is 5.59. The molecule has 1 aromatic rings. The minimum absolute atomic E-state index is 0.0146. The minimum Gasteiger partial charge on any atom is -0.481 e. The summed E-state index contributed by atoms with van der Waals surface area (Å²) >= 11 is 1.60. The first-order chi connectivity index (χ1) is 9.54. The molecular formula is C15H19NO3S. The van der Waals surface area contributed by atoms with Crippen LogP contribution in [-0.4, -0.2) is 35.0 Å². The number of hydrogen-bond donors (Lipinski definition) is 1. The summed E-state index contributed by atoms with van der Waals surface area (Å²) in [6.45, 7) is 3.17. The van der Waals surface area contributed by atoms with E-state index in [-0.39, 0.29) is 5.91 Å². The summed E-state index contributed by atoms with van der Waals surface area (Å²) in [7, 11) is 0. The molecule has 0 saturated carbocycles. The fourth-order valence-corrected chi connectivity index (χ4v) is 4.29. The largest absolute Gasteiger partial charge is 0.481 e. The number of carboxylic acid groups (broad SMARTS) is 1. The number of carbonyl (C=O) groups excluding carboxylic acids is 1. The van der Waals surface area contributed by atoms with Crippen molar-refractivity contribution in [3.8, 4) is 0 Å². The molecule has 1 fully saturated rings. The maximum Gasteiger partial charge on any atom is 0.308 e. The lowest BCUT2D eigenvalue weighted by Crippen LogP contribution is -2.29. The number of aliphatic carboxylic acids is 1. The normalized spacial score (nSPS) is 25.6. The smallest absolute Gasteiger partial charge is 0.308 e. The topological polar surface area (TPSA) is 57.6 Å². The second-order valence-electron chi connectivity index (χ2n) is 5.98. The second-order valence-corrected chi connectivity index (χ2v) is 7.12. The van der Waals surface area contributed by atoms with Gasteiger partial charge in [-0.05, 0) is 43.2 Å². The predicted molar refractivity (Wildman–Crippen MR) is 77.2 cm³/mol. The Morgan fingerprint density at radius 3 is 2.90 bits per heavy atom. The molecule has 1 saturated heterocycles. The molecule has 0 radical (unpaired) electrons. The highest BCUT2D eigenvalue weighted by Gasteiger charge is 2.32. The van der Waals surface area contributed by atoms with Crippen LogP contribution < -0.4 is 0 Å². The van der Waals surface area contributed by atoms with Crippen LogP contribution in [0.15, 0.2) is 6.07 Å². The van der Waals surface area contributed by atoms with Crippen LogP contribution in [0.3, 0.4) is 0 Å². The highest BCUT2D eigenvalue weighted by atomic mass is 32.1. The first-order valence-corrected chi connectivity index (χ1v) is 8.00. The fraction of sp³-hybridized carbons (Fsp3) is 0.600. The van der Waals surface area contributed by atoms with E-state index in [4.69, 9.17) is 5.11 Å². The van der Waals surface area contributed by atoms with Crippen molar-refractivity contribution in [2.75, 3.05) is 13.1 Å². The Morgan fingerprint density at radius 1 is 1.40 bits per heavy atom. The number of amides is 1. The molecule has 0 bridgehead atoms. The van der Waals surface area contributed by atoms with Gasteiger partial charge >= 0.3 is 5.97 Å². The third kappa shape index (κ3) is 2.46. The van der Waals surface area contributed by atoms with Gasteiger partial charge in [-0.2, -0.15) is 0 Å². The van der Waals surface area contributed by atoms with E-state index in [1.165, 1.54) is 16.9 Å². The molecule has 0 unspecified atom stereocenters. The lowest BCUT2D eigenvalue weighted by molar-refractivity contribution is -0.141. The number of rotatable bonds is 2. The van der Waals surface area contributed by atoms with Crippen molar-refractivity contribution in [1.29, 1.82) is 0 Å². The predicted octanol–water partition coefficient (Wildman–Crippen LogP) is 2.42. The Bertz CT molecular complexity index is 551. The quantitative estimate of drug-likeness (QED) is 0.911. The highest BCUT2D eigenvalue weighted by molar-refractivity contribution is 7.14. The molecule has 1 aromatic heterocycles. The van der Waals surface area contributed by atoms with E-state index in [1.54, 1.807) is 16.2 Å². The third-order valence-electron chi connectivity index (χ3n) is 4.36. The van der Waals surface area contributed by atoms with Crippen LogP contribution in [0.1, 0.15) is 39.9 Å². The fourth-order valence-electron chi connectivity index (χ4n) is 3.11. The van der Waals surface area contributed by atoms with Gasteiger partial charge in [0.1, 0.15) is 0 Å². The van der Waals surface area contributed by atoms with Crippen molar-refractivity contribution < 1.29 is 14.7 Å². The molecule has 1 aliphatic heterocycles. The molecule has 2 atom stereocenters. The average Bonchev–Trinajstić information content (AvgIpc) is 3.03. The van der Waals surface area contributed by atoms with Gasteiger partial charge < -0.3 is 10.0 Å². The molecule has 0 aromatic carbocycles. The van der Waals surface area contributed by atoms with E-state index in [2.05, 4.69) is 6.92 Å². The van der Waals surface area contributed by atoms with E-state index in [0.29, 0.717) is 25.4 Å². The van der Waals surface area contributed by atoms with Crippen molar-refractivity contribution in [1.82, 2.24) is 4.90 Å². The van der Waals surface area contributed by atoms with Gasteiger partial charge in [0.05, 0.1) is 10.8 Å². The summed E-state index contributed by atoms with van der Waals surface area (Å²) in [5.41, 5.74) is 1.33. The number of carboxylic acids is 1. The lowest BCUT2D eigenvalue weighted by atomic mass is 9.90. The van der Waals surface area contributed by atoms with Gasteiger partial charge in [-0.1, -0.05) is 6.92 Å². The van der Waals surface area contributed by atoms with Gasteiger partial charge in [0.15, 0.2) is 0 Å². The number of aryl methyl sites for hydroxylation is 1. The zero-order valence-electron chi connectivity index (χ0n) is 11.6. The maximum atomic E-state index is 12.5. The van der Waals surface area contributed by atoms with Crippen LogP contribution in [0.2, 0.25) is 0 Å². The van der Waals surface area contributed by atoms with Crippen molar-refractivity contribution in [3.05, 3.63) is 21.4 Å². The van der Waals surface area contributed by atoms with Crippen molar-refractivity contribution in [3.63, 3.8) is 0 Å². The maximum absolute atomic E-state index is 12.5.